The Balaban J connectivity index is 1.93. The minimum atomic E-state index is -4.46. The SMILES string of the molecule is CC(=O)Oc1ccccc1NC(=O)c1cc(C)c(C)n(Cc2ccc(C(F)(F)F)cc2)c1=O. The van der Waals surface area contributed by atoms with Gasteiger partial charge in [0.15, 0.2) is 5.75 Å². The van der Waals surface area contributed by atoms with Gasteiger partial charge in [-0.15, -0.1) is 0 Å². The normalized spacial score (nSPS) is 11.2. The molecule has 2 aromatic carbocycles. The molecule has 33 heavy (non-hydrogen) atoms. The number of hydrogen-bond acceptors (Lipinski definition) is 4. The van der Waals surface area contributed by atoms with Crippen LogP contribution in [0.15, 0.2) is 59.4 Å². The molecular formula is C24H21F3N2O4. The number of pyridine rings is 1. The summed E-state index contributed by atoms with van der Waals surface area (Å²) in [5.74, 6) is -1.14. The second kappa shape index (κ2) is 9.32. The van der Waals surface area contributed by atoms with E-state index in [4.69, 9.17) is 4.74 Å². The number of nitrogens with zero attached hydrogens (tertiary/aromatic N) is 1. The summed E-state index contributed by atoms with van der Waals surface area (Å²) in [6.07, 6.45) is -4.46. The Morgan fingerprint density at radius 1 is 1.03 bits per heavy atom. The molecule has 0 atom stereocenters. The smallest absolute Gasteiger partial charge is 0.416 e. The van der Waals surface area contributed by atoms with Gasteiger partial charge >= 0.3 is 12.1 Å². The maximum absolute atomic E-state index is 13.1. The number of anilines is 1. The standard InChI is InChI=1S/C24H21F3N2O4/c1-14-12-19(22(31)28-20-6-4-5-7-21(20)33-16(3)30)23(32)29(15(14)2)13-17-8-10-18(11-9-17)24(25,26)27/h4-12H,13H2,1-3H3,(H,28,31). The number of amides is 1. The third-order valence-electron chi connectivity index (χ3n) is 5.07. The van der Waals surface area contributed by atoms with Crippen LogP contribution < -0.4 is 15.6 Å². The number of carbonyl (C=O) groups is 2. The van der Waals surface area contributed by atoms with Crippen molar-refractivity contribution in [3.63, 3.8) is 0 Å². The van der Waals surface area contributed by atoms with Crippen LogP contribution in [-0.4, -0.2) is 16.4 Å². The fourth-order valence-electron chi connectivity index (χ4n) is 3.23. The number of halogens is 3. The third kappa shape index (κ3) is 5.49. The summed E-state index contributed by atoms with van der Waals surface area (Å²) in [5, 5.41) is 2.58. The van der Waals surface area contributed by atoms with Crippen LogP contribution in [0.5, 0.6) is 5.75 Å². The predicted molar refractivity (Wildman–Crippen MR) is 116 cm³/mol. The van der Waals surface area contributed by atoms with Gasteiger partial charge in [0.2, 0.25) is 0 Å². The maximum Gasteiger partial charge on any atom is 0.416 e. The summed E-state index contributed by atoms with van der Waals surface area (Å²) in [6, 6.07) is 12.2. The zero-order chi connectivity index (χ0) is 24.3. The molecule has 0 aliphatic carbocycles. The average molecular weight is 458 g/mol. The van der Waals surface area contributed by atoms with Crippen molar-refractivity contribution in [2.75, 3.05) is 5.32 Å². The number of aryl methyl sites for hydroxylation is 1. The van der Waals surface area contributed by atoms with Crippen LogP contribution in [0.1, 0.15) is 39.7 Å². The van der Waals surface area contributed by atoms with Crippen LogP contribution >= 0.6 is 0 Å². The zero-order valence-electron chi connectivity index (χ0n) is 18.1. The number of aromatic nitrogens is 1. The summed E-state index contributed by atoms with van der Waals surface area (Å²) in [6.45, 7) is 4.64. The molecular weight excluding hydrogens is 437 g/mol. The van der Waals surface area contributed by atoms with Gasteiger partial charge in [0, 0.05) is 12.6 Å². The molecule has 3 aromatic rings. The highest BCUT2D eigenvalue weighted by Gasteiger charge is 2.30. The molecule has 0 saturated heterocycles. The molecule has 9 heteroatoms. The van der Waals surface area contributed by atoms with Crippen LogP contribution in [0, 0.1) is 13.8 Å². The van der Waals surface area contributed by atoms with Crippen molar-refractivity contribution < 1.29 is 27.5 Å². The minimum Gasteiger partial charge on any atom is -0.424 e. The van der Waals surface area contributed by atoms with Gasteiger partial charge in [-0.1, -0.05) is 24.3 Å². The molecule has 1 heterocycles. The van der Waals surface area contributed by atoms with Crippen molar-refractivity contribution in [3.05, 3.63) is 92.9 Å². The van der Waals surface area contributed by atoms with E-state index < -0.39 is 29.2 Å². The monoisotopic (exact) mass is 458 g/mol. The molecule has 0 saturated carbocycles. The second-order valence-electron chi connectivity index (χ2n) is 7.46. The van der Waals surface area contributed by atoms with Crippen LogP contribution in [0.4, 0.5) is 18.9 Å². The molecule has 0 unspecified atom stereocenters. The molecule has 3 rings (SSSR count). The van der Waals surface area contributed by atoms with Crippen molar-refractivity contribution in [1.82, 2.24) is 4.57 Å². The van der Waals surface area contributed by atoms with Gasteiger partial charge in [-0.25, -0.2) is 0 Å². The van der Waals surface area contributed by atoms with Crippen LogP contribution in [-0.2, 0) is 17.5 Å². The predicted octanol–water partition coefficient (Wildman–Crippen LogP) is 4.71. The van der Waals surface area contributed by atoms with E-state index in [9.17, 15) is 27.6 Å². The highest BCUT2D eigenvalue weighted by molar-refractivity contribution is 6.05. The van der Waals surface area contributed by atoms with Crippen molar-refractivity contribution in [3.8, 4) is 5.75 Å². The van der Waals surface area contributed by atoms with Crippen molar-refractivity contribution in [2.45, 2.75) is 33.5 Å². The lowest BCUT2D eigenvalue weighted by molar-refractivity contribution is -0.137. The van der Waals surface area contributed by atoms with Gasteiger partial charge in [-0.2, -0.15) is 13.2 Å². The topological polar surface area (TPSA) is 77.4 Å². The first-order valence-corrected chi connectivity index (χ1v) is 9.93. The molecule has 1 aromatic heterocycles. The molecule has 0 aliphatic heterocycles. The van der Waals surface area contributed by atoms with Crippen molar-refractivity contribution >= 4 is 17.6 Å². The number of ether oxygens (including phenoxy) is 1. The first-order chi connectivity index (χ1) is 15.5. The molecule has 0 bridgehead atoms. The number of nitrogens with one attached hydrogen (secondary N) is 1. The molecule has 6 nitrogen and oxygen atoms in total. The summed E-state index contributed by atoms with van der Waals surface area (Å²) >= 11 is 0. The lowest BCUT2D eigenvalue weighted by atomic mass is 10.1. The highest BCUT2D eigenvalue weighted by atomic mass is 19.4. The van der Waals surface area contributed by atoms with Crippen LogP contribution in [0.3, 0.4) is 0 Å². The van der Waals surface area contributed by atoms with E-state index >= 15 is 0 Å². The number of hydrogen-bond donors (Lipinski definition) is 1. The summed E-state index contributed by atoms with van der Waals surface area (Å²) in [5.41, 5.74) is 0.390. The zero-order valence-corrected chi connectivity index (χ0v) is 18.1. The quantitative estimate of drug-likeness (QED) is 0.444. The Morgan fingerprint density at radius 3 is 2.27 bits per heavy atom. The molecule has 172 valence electrons. The number of esters is 1. The Kier molecular flexibility index (Phi) is 6.71. The first kappa shape index (κ1) is 23.8. The highest BCUT2D eigenvalue weighted by Crippen LogP contribution is 2.29. The largest absolute Gasteiger partial charge is 0.424 e. The fraction of sp³-hybridized carbons (Fsp3) is 0.208. The van der Waals surface area contributed by atoms with Crippen molar-refractivity contribution in [1.29, 1.82) is 0 Å². The summed E-state index contributed by atoms with van der Waals surface area (Å²) < 4.78 is 44.9. The number of rotatable bonds is 5. The van der Waals surface area contributed by atoms with Gasteiger partial charge in [0.1, 0.15) is 5.56 Å². The minimum absolute atomic E-state index is 0.00516. The van der Waals surface area contributed by atoms with E-state index in [0.717, 1.165) is 12.1 Å². The molecule has 0 spiro atoms. The van der Waals surface area contributed by atoms with Gasteiger partial charge in [0.25, 0.3) is 11.5 Å². The van der Waals surface area contributed by atoms with E-state index in [0.29, 0.717) is 16.8 Å². The van der Waals surface area contributed by atoms with Crippen LogP contribution in [0.25, 0.3) is 0 Å². The van der Waals surface area contributed by atoms with E-state index in [1.54, 1.807) is 26.0 Å². The average Bonchev–Trinajstić information content (AvgIpc) is 2.74. The lowest BCUT2D eigenvalue weighted by Crippen LogP contribution is -2.31. The Morgan fingerprint density at radius 2 is 1.67 bits per heavy atom. The van der Waals surface area contributed by atoms with E-state index in [1.165, 1.54) is 41.8 Å². The van der Waals surface area contributed by atoms with Gasteiger partial charge in [0.05, 0.1) is 17.8 Å². The van der Waals surface area contributed by atoms with Crippen LogP contribution in [0.2, 0.25) is 0 Å². The van der Waals surface area contributed by atoms with E-state index in [2.05, 4.69) is 5.32 Å². The maximum atomic E-state index is 13.1. The fourth-order valence-corrected chi connectivity index (χ4v) is 3.23. The number of alkyl halides is 3. The van der Waals surface area contributed by atoms with E-state index in [1.807, 2.05) is 0 Å². The Bertz CT molecular complexity index is 1260. The summed E-state index contributed by atoms with van der Waals surface area (Å²) in [4.78, 5) is 37.3. The summed E-state index contributed by atoms with van der Waals surface area (Å²) in [7, 11) is 0. The number of para-hydroxylation sites is 2. The third-order valence-corrected chi connectivity index (χ3v) is 5.07. The second-order valence-corrected chi connectivity index (χ2v) is 7.46. The molecule has 0 aliphatic rings. The molecule has 1 amide bonds. The first-order valence-electron chi connectivity index (χ1n) is 9.93. The van der Waals surface area contributed by atoms with E-state index in [-0.39, 0.29) is 23.5 Å². The number of benzene rings is 2. The Hall–Kier alpha value is -3.88. The molecule has 0 radical (unpaired) electrons. The molecule has 0 fully saturated rings. The lowest BCUT2D eigenvalue weighted by Gasteiger charge is -2.16. The van der Waals surface area contributed by atoms with Gasteiger partial charge in [-0.3, -0.25) is 14.4 Å². The number of carbonyl (C=O) groups excluding carboxylic acids is 2. The Labute approximate surface area is 187 Å². The van der Waals surface area contributed by atoms with Crippen molar-refractivity contribution in [2.24, 2.45) is 0 Å². The molecule has 1 N–H and O–H groups in total. The van der Waals surface area contributed by atoms with Gasteiger partial charge < -0.3 is 14.6 Å². The van der Waals surface area contributed by atoms with Gasteiger partial charge in [-0.05, 0) is 55.3 Å².